The summed E-state index contributed by atoms with van der Waals surface area (Å²) < 4.78 is 5.03. The molecule has 0 saturated carbocycles. The third-order valence-electron chi connectivity index (χ3n) is 2.06. The smallest absolute Gasteiger partial charge is 0.308 e. The SMILES string of the molecule is COC1CC(C(=O)O)CN1OC. The van der Waals surface area contributed by atoms with E-state index in [9.17, 15) is 4.79 Å². The number of hydrogen-bond acceptors (Lipinski definition) is 4. The fourth-order valence-electron chi connectivity index (χ4n) is 1.36. The number of carbonyl (C=O) groups is 1. The highest BCUT2D eigenvalue weighted by Gasteiger charge is 2.36. The minimum absolute atomic E-state index is 0.226. The van der Waals surface area contributed by atoms with Gasteiger partial charge in [0.05, 0.1) is 13.0 Å². The quantitative estimate of drug-likeness (QED) is 0.650. The van der Waals surface area contributed by atoms with Crippen LogP contribution in [0, 0.1) is 5.92 Å². The van der Waals surface area contributed by atoms with Crippen LogP contribution >= 0.6 is 0 Å². The molecule has 5 nitrogen and oxygen atoms in total. The maximum atomic E-state index is 10.6. The number of methoxy groups -OCH3 is 1. The van der Waals surface area contributed by atoms with Gasteiger partial charge in [0.1, 0.15) is 6.23 Å². The van der Waals surface area contributed by atoms with Crippen LogP contribution in [0.1, 0.15) is 6.42 Å². The van der Waals surface area contributed by atoms with Gasteiger partial charge in [-0.2, -0.15) is 5.06 Å². The van der Waals surface area contributed by atoms with Crippen molar-refractivity contribution in [3.8, 4) is 0 Å². The summed E-state index contributed by atoms with van der Waals surface area (Å²) in [5, 5.41) is 10.2. The molecule has 1 saturated heterocycles. The predicted octanol–water partition coefficient (Wildman–Crippen LogP) is -0.0732. The molecule has 5 heteroatoms. The number of nitrogens with zero attached hydrogens (tertiary/aromatic N) is 1. The van der Waals surface area contributed by atoms with Crippen LogP contribution in [-0.4, -0.2) is 43.1 Å². The number of aliphatic carboxylic acids is 1. The van der Waals surface area contributed by atoms with Gasteiger partial charge in [0.15, 0.2) is 0 Å². The molecule has 0 aromatic rings. The Morgan fingerprint density at radius 3 is 2.58 bits per heavy atom. The number of ether oxygens (including phenoxy) is 1. The molecular formula is C7H13NO4. The fraction of sp³-hybridized carbons (Fsp3) is 0.857. The summed E-state index contributed by atoms with van der Waals surface area (Å²) in [4.78, 5) is 15.5. The van der Waals surface area contributed by atoms with Crippen LogP contribution in [0.2, 0.25) is 0 Å². The van der Waals surface area contributed by atoms with Crippen molar-refractivity contribution < 1.29 is 19.5 Å². The Bertz CT molecular complexity index is 161. The third-order valence-corrected chi connectivity index (χ3v) is 2.06. The van der Waals surface area contributed by atoms with Crippen LogP contribution in [0.3, 0.4) is 0 Å². The van der Waals surface area contributed by atoms with Crippen molar-refractivity contribution in [2.75, 3.05) is 20.8 Å². The average Bonchev–Trinajstić information content (AvgIpc) is 2.46. The molecular weight excluding hydrogens is 162 g/mol. The van der Waals surface area contributed by atoms with Gasteiger partial charge in [-0.3, -0.25) is 9.63 Å². The molecule has 0 aliphatic carbocycles. The average molecular weight is 175 g/mol. The van der Waals surface area contributed by atoms with Crippen LogP contribution in [0.4, 0.5) is 0 Å². The van der Waals surface area contributed by atoms with Gasteiger partial charge in [-0.15, -0.1) is 0 Å². The summed E-state index contributed by atoms with van der Waals surface area (Å²) in [5.74, 6) is -1.17. The van der Waals surface area contributed by atoms with Gasteiger partial charge in [-0.1, -0.05) is 0 Å². The van der Waals surface area contributed by atoms with Gasteiger partial charge in [0.2, 0.25) is 0 Å². The van der Waals surface area contributed by atoms with E-state index in [4.69, 9.17) is 14.7 Å². The Morgan fingerprint density at radius 1 is 1.58 bits per heavy atom. The number of hydroxylamine groups is 2. The first-order valence-corrected chi connectivity index (χ1v) is 3.75. The van der Waals surface area contributed by atoms with Crippen LogP contribution in [-0.2, 0) is 14.4 Å². The Balaban J connectivity index is 2.53. The van der Waals surface area contributed by atoms with E-state index < -0.39 is 5.97 Å². The molecule has 0 spiro atoms. The molecule has 1 N–H and O–H groups in total. The summed E-state index contributed by atoms with van der Waals surface area (Å²) in [5.41, 5.74) is 0. The lowest BCUT2D eigenvalue weighted by Gasteiger charge is -2.19. The van der Waals surface area contributed by atoms with Gasteiger partial charge in [0.25, 0.3) is 0 Å². The van der Waals surface area contributed by atoms with Crippen molar-refractivity contribution in [3.63, 3.8) is 0 Å². The highest BCUT2D eigenvalue weighted by Crippen LogP contribution is 2.23. The van der Waals surface area contributed by atoms with E-state index in [-0.39, 0.29) is 12.1 Å². The second kappa shape index (κ2) is 3.84. The summed E-state index contributed by atoms with van der Waals surface area (Å²) in [6.07, 6.45) is 0.260. The first kappa shape index (κ1) is 9.44. The Labute approximate surface area is 70.8 Å². The molecule has 0 bridgehead atoms. The fourth-order valence-corrected chi connectivity index (χ4v) is 1.36. The van der Waals surface area contributed by atoms with Crippen molar-refractivity contribution in [2.24, 2.45) is 5.92 Å². The normalized spacial score (nSPS) is 30.8. The van der Waals surface area contributed by atoms with E-state index in [0.717, 1.165) is 0 Å². The Morgan fingerprint density at radius 2 is 2.25 bits per heavy atom. The van der Waals surface area contributed by atoms with Crippen LogP contribution < -0.4 is 0 Å². The minimum Gasteiger partial charge on any atom is -0.481 e. The lowest BCUT2D eigenvalue weighted by Crippen LogP contribution is -2.29. The molecule has 2 atom stereocenters. The number of carboxylic acids is 1. The number of hydrogen-bond donors (Lipinski definition) is 1. The van der Waals surface area contributed by atoms with E-state index in [1.165, 1.54) is 7.11 Å². The highest BCUT2D eigenvalue weighted by atomic mass is 16.7. The highest BCUT2D eigenvalue weighted by molar-refractivity contribution is 5.70. The molecule has 1 aliphatic heterocycles. The van der Waals surface area contributed by atoms with E-state index in [1.54, 1.807) is 12.2 Å². The maximum absolute atomic E-state index is 10.6. The topological polar surface area (TPSA) is 59.0 Å². The molecule has 1 fully saturated rings. The standard InChI is InChI=1S/C7H13NO4/c1-11-6-3-5(7(9)10)4-8(6)12-2/h5-6H,3-4H2,1-2H3,(H,9,10). The molecule has 2 unspecified atom stereocenters. The summed E-state index contributed by atoms with van der Waals surface area (Å²) in [6.45, 7) is 0.393. The summed E-state index contributed by atoms with van der Waals surface area (Å²) >= 11 is 0. The van der Waals surface area contributed by atoms with Crippen molar-refractivity contribution in [2.45, 2.75) is 12.6 Å². The van der Waals surface area contributed by atoms with E-state index in [2.05, 4.69) is 0 Å². The number of rotatable bonds is 3. The van der Waals surface area contributed by atoms with Crippen molar-refractivity contribution >= 4 is 5.97 Å². The van der Waals surface area contributed by atoms with E-state index in [0.29, 0.717) is 13.0 Å². The molecule has 0 aromatic carbocycles. The minimum atomic E-state index is -0.795. The van der Waals surface area contributed by atoms with Gasteiger partial charge < -0.3 is 9.84 Å². The van der Waals surface area contributed by atoms with E-state index in [1.807, 2.05) is 0 Å². The lowest BCUT2D eigenvalue weighted by atomic mass is 10.1. The van der Waals surface area contributed by atoms with E-state index >= 15 is 0 Å². The molecule has 1 heterocycles. The van der Waals surface area contributed by atoms with Crippen LogP contribution in [0.25, 0.3) is 0 Å². The van der Waals surface area contributed by atoms with Gasteiger partial charge in [-0.25, -0.2) is 0 Å². The summed E-state index contributed by atoms with van der Waals surface area (Å²) in [6, 6.07) is 0. The third kappa shape index (κ3) is 1.74. The molecule has 1 aliphatic rings. The lowest BCUT2D eigenvalue weighted by molar-refractivity contribution is -0.207. The first-order chi connectivity index (χ1) is 5.69. The van der Waals surface area contributed by atoms with Crippen molar-refractivity contribution in [1.29, 1.82) is 0 Å². The second-order valence-electron chi connectivity index (χ2n) is 2.74. The van der Waals surface area contributed by atoms with Gasteiger partial charge in [0, 0.05) is 20.1 Å². The van der Waals surface area contributed by atoms with Gasteiger partial charge >= 0.3 is 5.97 Å². The molecule has 0 radical (unpaired) electrons. The van der Waals surface area contributed by atoms with Crippen molar-refractivity contribution in [3.05, 3.63) is 0 Å². The first-order valence-electron chi connectivity index (χ1n) is 3.75. The molecule has 0 aromatic heterocycles. The zero-order valence-corrected chi connectivity index (χ0v) is 7.19. The largest absolute Gasteiger partial charge is 0.481 e. The van der Waals surface area contributed by atoms with Crippen LogP contribution in [0.5, 0.6) is 0 Å². The molecule has 0 amide bonds. The predicted molar refractivity (Wildman–Crippen MR) is 40.3 cm³/mol. The monoisotopic (exact) mass is 175 g/mol. The Hall–Kier alpha value is -0.650. The number of carboxylic acid groups (broad SMARTS) is 1. The molecule has 70 valence electrons. The zero-order chi connectivity index (χ0) is 9.14. The molecule has 12 heavy (non-hydrogen) atoms. The summed E-state index contributed by atoms with van der Waals surface area (Å²) in [7, 11) is 3.05. The van der Waals surface area contributed by atoms with Crippen molar-refractivity contribution in [1.82, 2.24) is 5.06 Å². The van der Waals surface area contributed by atoms with Crippen LogP contribution in [0.15, 0.2) is 0 Å². The maximum Gasteiger partial charge on any atom is 0.308 e. The van der Waals surface area contributed by atoms with Gasteiger partial charge in [-0.05, 0) is 0 Å². The second-order valence-corrected chi connectivity index (χ2v) is 2.74. The zero-order valence-electron chi connectivity index (χ0n) is 7.19. The Kier molecular flexibility index (Phi) is 3.02. The molecule has 1 rings (SSSR count).